The van der Waals surface area contributed by atoms with Gasteiger partial charge in [-0.2, -0.15) is 13.2 Å². The number of anilines is 1. The van der Waals surface area contributed by atoms with Crippen molar-refractivity contribution in [3.05, 3.63) is 17.8 Å². The van der Waals surface area contributed by atoms with Gasteiger partial charge in [-0.25, -0.2) is 0 Å². The lowest BCUT2D eigenvalue weighted by molar-refractivity contribution is -0.141. The van der Waals surface area contributed by atoms with Crippen LogP contribution in [0, 0.1) is 5.92 Å². The van der Waals surface area contributed by atoms with Crippen LogP contribution in [0.1, 0.15) is 26.0 Å². The highest BCUT2D eigenvalue weighted by Crippen LogP contribution is 2.27. The van der Waals surface area contributed by atoms with E-state index in [0.29, 0.717) is 12.5 Å². The molecule has 0 radical (unpaired) electrons. The average Bonchev–Trinajstić information content (AvgIpc) is 2.25. The van der Waals surface area contributed by atoms with Crippen molar-refractivity contribution >= 4 is 17.4 Å². The van der Waals surface area contributed by atoms with Crippen LogP contribution in [-0.2, 0) is 6.18 Å². The van der Waals surface area contributed by atoms with Crippen LogP contribution in [-0.4, -0.2) is 22.1 Å². The quantitative estimate of drug-likeness (QED) is 0.839. The first-order valence-corrected chi connectivity index (χ1v) is 6.01. The van der Waals surface area contributed by atoms with Crippen LogP contribution in [0.5, 0.6) is 0 Å². The van der Waals surface area contributed by atoms with Gasteiger partial charge in [0, 0.05) is 6.54 Å². The summed E-state index contributed by atoms with van der Waals surface area (Å²) >= 11 is 6.04. The highest BCUT2D eigenvalue weighted by atomic mass is 35.5. The molecule has 1 unspecified atom stereocenters. The molecular weight excluding hydrogens is 267 g/mol. The number of hydrogen-bond acceptors (Lipinski definition) is 3. The maximum absolute atomic E-state index is 12.2. The highest BCUT2D eigenvalue weighted by molar-refractivity contribution is 6.20. The van der Waals surface area contributed by atoms with Crippen molar-refractivity contribution in [3.63, 3.8) is 0 Å². The topological polar surface area (TPSA) is 37.8 Å². The third-order valence-corrected chi connectivity index (χ3v) is 2.52. The molecule has 1 aromatic heterocycles. The Labute approximate surface area is 109 Å². The van der Waals surface area contributed by atoms with E-state index >= 15 is 0 Å². The van der Waals surface area contributed by atoms with Crippen molar-refractivity contribution in [2.75, 3.05) is 11.9 Å². The molecule has 1 atom stereocenters. The minimum absolute atomic E-state index is 0.0888. The number of aromatic nitrogens is 2. The number of nitrogens with one attached hydrogen (secondary N) is 1. The Kier molecular flexibility index (Phi) is 5.19. The SMILES string of the molecule is CC(C)CC(Cl)CNc1ccc(C(F)(F)F)nn1. The Bertz CT molecular complexity index is 365. The number of nitrogens with zero attached hydrogens (tertiary/aromatic N) is 2. The van der Waals surface area contributed by atoms with Crippen LogP contribution in [0.25, 0.3) is 0 Å². The summed E-state index contributed by atoms with van der Waals surface area (Å²) in [5, 5.41) is 9.33. The van der Waals surface area contributed by atoms with Crippen molar-refractivity contribution in [3.8, 4) is 0 Å². The Balaban J connectivity index is 2.49. The Morgan fingerprint density at radius 2 is 1.94 bits per heavy atom. The minimum atomic E-state index is -4.46. The summed E-state index contributed by atoms with van der Waals surface area (Å²) in [5.74, 6) is 0.755. The van der Waals surface area contributed by atoms with Gasteiger partial charge in [-0.05, 0) is 24.5 Å². The van der Waals surface area contributed by atoms with Gasteiger partial charge in [0.05, 0.1) is 5.38 Å². The molecule has 0 aliphatic rings. The lowest BCUT2D eigenvalue weighted by Crippen LogP contribution is -2.17. The average molecular weight is 282 g/mol. The molecule has 0 spiro atoms. The maximum atomic E-state index is 12.2. The number of hydrogen-bond donors (Lipinski definition) is 1. The number of alkyl halides is 4. The fourth-order valence-electron chi connectivity index (χ4n) is 1.39. The van der Waals surface area contributed by atoms with Gasteiger partial charge in [0.2, 0.25) is 0 Å². The molecule has 0 aromatic carbocycles. The van der Waals surface area contributed by atoms with E-state index < -0.39 is 11.9 Å². The Morgan fingerprint density at radius 3 is 2.39 bits per heavy atom. The lowest BCUT2D eigenvalue weighted by atomic mass is 10.1. The fourth-order valence-corrected chi connectivity index (χ4v) is 1.82. The molecule has 1 aromatic rings. The van der Waals surface area contributed by atoms with Crippen LogP contribution < -0.4 is 5.32 Å². The van der Waals surface area contributed by atoms with Gasteiger partial charge >= 0.3 is 6.18 Å². The van der Waals surface area contributed by atoms with Gasteiger partial charge in [0.15, 0.2) is 5.69 Å². The van der Waals surface area contributed by atoms with E-state index in [1.807, 2.05) is 13.8 Å². The first kappa shape index (κ1) is 15.0. The Morgan fingerprint density at radius 1 is 1.28 bits per heavy atom. The second kappa shape index (κ2) is 6.22. The predicted octanol–water partition coefficient (Wildman–Crippen LogP) is 3.56. The van der Waals surface area contributed by atoms with E-state index in [1.54, 1.807) is 0 Å². The van der Waals surface area contributed by atoms with E-state index in [0.717, 1.165) is 12.5 Å². The predicted molar refractivity (Wildman–Crippen MR) is 64.6 cm³/mol. The molecule has 7 heteroatoms. The van der Waals surface area contributed by atoms with Crippen molar-refractivity contribution in [2.45, 2.75) is 31.8 Å². The molecule has 0 saturated heterocycles. The van der Waals surface area contributed by atoms with Gasteiger partial charge in [-0.15, -0.1) is 21.8 Å². The summed E-state index contributed by atoms with van der Waals surface area (Å²) in [4.78, 5) is 0. The van der Waals surface area contributed by atoms with E-state index in [-0.39, 0.29) is 11.2 Å². The standard InChI is InChI=1S/C11H15ClF3N3/c1-7(2)5-8(12)6-16-10-4-3-9(17-18-10)11(13,14)15/h3-4,7-8H,5-6H2,1-2H3,(H,16,18). The van der Waals surface area contributed by atoms with Crippen LogP contribution in [0.4, 0.5) is 19.0 Å². The smallest absolute Gasteiger partial charge is 0.367 e. The zero-order chi connectivity index (χ0) is 13.8. The molecule has 102 valence electrons. The Hall–Kier alpha value is -1.04. The van der Waals surface area contributed by atoms with Gasteiger partial charge < -0.3 is 5.32 Å². The second-order valence-electron chi connectivity index (χ2n) is 4.41. The normalized spacial score (nSPS) is 13.7. The summed E-state index contributed by atoms with van der Waals surface area (Å²) in [7, 11) is 0. The summed E-state index contributed by atoms with van der Waals surface area (Å²) in [5.41, 5.74) is -1.00. The molecular formula is C11H15ClF3N3. The summed E-state index contributed by atoms with van der Waals surface area (Å²) in [6.07, 6.45) is -3.64. The van der Waals surface area contributed by atoms with E-state index in [4.69, 9.17) is 11.6 Å². The summed E-state index contributed by atoms with van der Waals surface area (Å²) in [6, 6.07) is 2.13. The first-order valence-electron chi connectivity index (χ1n) is 5.58. The molecule has 0 amide bonds. The largest absolute Gasteiger partial charge is 0.435 e. The summed E-state index contributed by atoms with van der Waals surface area (Å²) in [6.45, 7) is 4.54. The van der Waals surface area contributed by atoms with E-state index in [9.17, 15) is 13.2 Å². The maximum Gasteiger partial charge on any atom is 0.435 e. The monoisotopic (exact) mass is 281 g/mol. The molecule has 0 aliphatic heterocycles. The number of halogens is 4. The molecule has 18 heavy (non-hydrogen) atoms. The van der Waals surface area contributed by atoms with Crippen LogP contribution in [0.15, 0.2) is 12.1 Å². The van der Waals surface area contributed by atoms with Gasteiger partial charge in [-0.3, -0.25) is 0 Å². The second-order valence-corrected chi connectivity index (χ2v) is 5.03. The van der Waals surface area contributed by atoms with Crippen LogP contribution in [0.2, 0.25) is 0 Å². The fraction of sp³-hybridized carbons (Fsp3) is 0.636. The summed E-state index contributed by atoms with van der Waals surface area (Å²) < 4.78 is 36.7. The molecule has 1 N–H and O–H groups in total. The molecule has 3 nitrogen and oxygen atoms in total. The molecule has 1 heterocycles. The zero-order valence-electron chi connectivity index (χ0n) is 10.1. The lowest BCUT2D eigenvalue weighted by Gasteiger charge is -2.13. The third kappa shape index (κ3) is 5.08. The van der Waals surface area contributed by atoms with Crippen LogP contribution in [0.3, 0.4) is 0 Å². The van der Waals surface area contributed by atoms with E-state index in [2.05, 4.69) is 15.5 Å². The molecule has 0 saturated carbocycles. The van der Waals surface area contributed by atoms with Crippen molar-refractivity contribution in [2.24, 2.45) is 5.92 Å². The zero-order valence-corrected chi connectivity index (χ0v) is 10.9. The molecule has 1 rings (SSSR count). The van der Waals surface area contributed by atoms with Gasteiger partial charge in [0.1, 0.15) is 5.82 Å². The first-order chi connectivity index (χ1) is 8.29. The van der Waals surface area contributed by atoms with Gasteiger partial charge in [-0.1, -0.05) is 13.8 Å². The molecule has 0 aliphatic carbocycles. The highest BCUT2D eigenvalue weighted by Gasteiger charge is 2.32. The van der Waals surface area contributed by atoms with Crippen molar-refractivity contribution in [1.82, 2.24) is 10.2 Å². The third-order valence-electron chi connectivity index (χ3n) is 2.19. The van der Waals surface area contributed by atoms with Crippen LogP contribution >= 0.6 is 11.6 Å². The van der Waals surface area contributed by atoms with Crippen molar-refractivity contribution < 1.29 is 13.2 Å². The minimum Gasteiger partial charge on any atom is -0.367 e. The van der Waals surface area contributed by atoms with E-state index in [1.165, 1.54) is 6.07 Å². The van der Waals surface area contributed by atoms with Crippen molar-refractivity contribution in [1.29, 1.82) is 0 Å². The molecule has 0 fully saturated rings. The molecule has 0 bridgehead atoms. The number of rotatable bonds is 5. The van der Waals surface area contributed by atoms with Gasteiger partial charge in [0.25, 0.3) is 0 Å².